The van der Waals surface area contributed by atoms with E-state index in [4.69, 9.17) is 10.8 Å². The fourth-order valence-corrected chi connectivity index (χ4v) is 2.75. The van der Waals surface area contributed by atoms with Gasteiger partial charge < -0.3 is 5.43 Å². The molecule has 3 rings (SSSR count). The van der Waals surface area contributed by atoms with Crippen molar-refractivity contribution in [1.29, 1.82) is 0 Å². The molecule has 0 saturated heterocycles. The first-order chi connectivity index (χ1) is 8.31. The Kier molecular flexibility index (Phi) is 2.48. The minimum absolute atomic E-state index is 1.08. The molecule has 3 heteroatoms. The Morgan fingerprint density at radius 1 is 1.24 bits per heavy atom. The summed E-state index contributed by atoms with van der Waals surface area (Å²) in [7, 11) is 0. The summed E-state index contributed by atoms with van der Waals surface area (Å²) in [6, 6.07) is 6.26. The van der Waals surface area contributed by atoms with Crippen LogP contribution in [0.4, 0.5) is 5.69 Å². The van der Waals surface area contributed by atoms with Crippen molar-refractivity contribution < 1.29 is 0 Å². The second-order valence-electron chi connectivity index (χ2n) is 4.73. The number of fused-ring (bicyclic) bond motifs is 2. The zero-order valence-corrected chi connectivity index (χ0v) is 10.1. The summed E-state index contributed by atoms with van der Waals surface area (Å²) in [6.07, 6.45) is 4.64. The second kappa shape index (κ2) is 4.00. The number of anilines is 1. The van der Waals surface area contributed by atoms with Crippen LogP contribution in [-0.2, 0) is 12.8 Å². The highest BCUT2D eigenvalue weighted by molar-refractivity contribution is 5.95. The van der Waals surface area contributed by atoms with E-state index in [2.05, 4.69) is 30.5 Å². The van der Waals surface area contributed by atoms with Crippen LogP contribution in [0.3, 0.4) is 0 Å². The van der Waals surface area contributed by atoms with Crippen molar-refractivity contribution in [1.82, 2.24) is 4.98 Å². The van der Waals surface area contributed by atoms with Gasteiger partial charge in [0.15, 0.2) is 0 Å². The molecule has 1 aromatic carbocycles. The molecule has 1 heterocycles. The summed E-state index contributed by atoms with van der Waals surface area (Å²) < 4.78 is 0. The molecule has 0 saturated carbocycles. The van der Waals surface area contributed by atoms with Crippen LogP contribution in [0.15, 0.2) is 18.2 Å². The van der Waals surface area contributed by atoms with E-state index in [1.165, 1.54) is 29.7 Å². The van der Waals surface area contributed by atoms with Crippen LogP contribution in [-0.4, -0.2) is 4.98 Å². The number of hydrogen-bond acceptors (Lipinski definition) is 3. The van der Waals surface area contributed by atoms with E-state index in [0.717, 1.165) is 29.4 Å². The first kappa shape index (κ1) is 10.5. The summed E-state index contributed by atoms with van der Waals surface area (Å²) in [6.45, 7) is 2.10. The molecule has 1 aromatic heterocycles. The third kappa shape index (κ3) is 1.58. The number of hydrogen-bond donors (Lipinski definition) is 2. The Morgan fingerprint density at radius 2 is 2.06 bits per heavy atom. The number of hydrazine groups is 1. The molecular formula is C14H17N3. The summed E-state index contributed by atoms with van der Waals surface area (Å²) in [4.78, 5) is 4.83. The average molecular weight is 227 g/mol. The maximum Gasteiger partial charge on any atom is 0.0755 e. The van der Waals surface area contributed by atoms with Gasteiger partial charge in [-0.15, -0.1) is 0 Å². The summed E-state index contributed by atoms with van der Waals surface area (Å²) in [5.74, 6) is 5.71. The molecule has 3 nitrogen and oxygen atoms in total. The fourth-order valence-electron chi connectivity index (χ4n) is 2.75. The normalized spacial score (nSPS) is 14.7. The highest BCUT2D eigenvalue weighted by Crippen LogP contribution is 2.33. The number of aromatic nitrogens is 1. The van der Waals surface area contributed by atoms with Crippen LogP contribution in [0.25, 0.3) is 10.9 Å². The van der Waals surface area contributed by atoms with Gasteiger partial charge in [-0.3, -0.25) is 10.8 Å². The first-order valence-corrected chi connectivity index (χ1v) is 6.19. The van der Waals surface area contributed by atoms with Crippen LogP contribution in [0.1, 0.15) is 29.7 Å². The van der Waals surface area contributed by atoms with Gasteiger partial charge in [0.05, 0.1) is 11.2 Å². The van der Waals surface area contributed by atoms with Gasteiger partial charge in [0, 0.05) is 11.1 Å². The van der Waals surface area contributed by atoms with Crippen molar-refractivity contribution in [3.05, 3.63) is 35.0 Å². The number of benzene rings is 1. The third-order valence-corrected chi connectivity index (χ3v) is 3.64. The lowest BCUT2D eigenvalue weighted by atomic mass is 9.92. The maximum atomic E-state index is 5.71. The van der Waals surface area contributed by atoms with Gasteiger partial charge in [0.2, 0.25) is 0 Å². The standard InChI is InChI=1S/C14H17N3/c1-9-5-4-7-11-13(9)16-12-8-3-2-6-10(12)14(11)17-15/h4-5,7H,2-3,6,8,15H2,1H3,(H,16,17). The highest BCUT2D eigenvalue weighted by atomic mass is 15.2. The second-order valence-corrected chi connectivity index (χ2v) is 4.73. The maximum absolute atomic E-state index is 5.71. The minimum atomic E-state index is 1.08. The van der Waals surface area contributed by atoms with Crippen molar-refractivity contribution in [3.63, 3.8) is 0 Å². The monoisotopic (exact) mass is 227 g/mol. The van der Waals surface area contributed by atoms with E-state index >= 15 is 0 Å². The molecule has 0 spiro atoms. The lowest BCUT2D eigenvalue weighted by Crippen LogP contribution is -2.15. The van der Waals surface area contributed by atoms with E-state index in [1.54, 1.807) is 0 Å². The molecule has 0 unspecified atom stereocenters. The Labute approximate surface area is 101 Å². The van der Waals surface area contributed by atoms with Gasteiger partial charge in [-0.25, -0.2) is 0 Å². The zero-order valence-electron chi connectivity index (χ0n) is 10.1. The Morgan fingerprint density at radius 3 is 2.88 bits per heavy atom. The summed E-state index contributed by atoms with van der Waals surface area (Å²) >= 11 is 0. The molecular weight excluding hydrogens is 210 g/mol. The van der Waals surface area contributed by atoms with Crippen LogP contribution in [0, 0.1) is 6.92 Å². The molecule has 17 heavy (non-hydrogen) atoms. The van der Waals surface area contributed by atoms with Gasteiger partial charge >= 0.3 is 0 Å². The van der Waals surface area contributed by atoms with E-state index in [1.807, 2.05) is 0 Å². The van der Waals surface area contributed by atoms with E-state index in [9.17, 15) is 0 Å². The van der Waals surface area contributed by atoms with Gasteiger partial charge in [-0.2, -0.15) is 0 Å². The predicted octanol–water partition coefficient (Wildman–Crippen LogP) is 2.71. The van der Waals surface area contributed by atoms with Gasteiger partial charge in [-0.05, 0) is 43.7 Å². The molecule has 0 bridgehead atoms. The average Bonchev–Trinajstić information content (AvgIpc) is 2.37. The van der Waals surface area contributed by atoms with Crippen molar-refractivity contribution >= 4 is 16.6 Å². The summed E-state index contributed by atoms with van der Waals surface area (Å²) in [5, 5.41) is 1.15. The van der Waals surface area contributed by atoms with Crippen molar-refractivity contribution in [2.75, 3.05) is 5.43 Å². The molecule has 2 aromatic rings. The summed E-state index contributed by atoms with van der Waals surface area (Å²) in [5.41, 5.74) is 8.81. The molecule has 0 fully saturated rings. The van der Waals surface area contributed by atoms with Crippen molar-refractivity contribution in [2.24, 2.45) is 5.84 Å². The van der Waals surface area contributed by atoms with Crippen molar-refractivity contribution in [3.8, 4) is 0 Å². The van der Waals surface area contributed by atoms with E-state index in [0.29, 0.717) is 0 Å². The Hall–Kier alpha value is -1.61. The van der Waals surface area contributed by atoms with E-state index < -0.39 is 0 Å². The highest BCUT2D eigenvalue weighted by Gasteiger charge is 2.17. The largest absolute Gasteiger partial charge is 0.323 e. The predicted molar refractivity (Wildman–Crippen MR) is 70.9 cm³/mol. The van der Waals surface area contributed by atoms with Crippen molar-refractivity contribution in [2.45, 2.75) is 32.6 Å². The number of nitrogens with zero attached hydrogens (tertiary/aromatic N) is 1. The number of nitrogens with two attached hydrogens (primary N) is 1. The van der Waals surface area contributed by atoms with Crippen LogP contribution < -0.4 is 11.3 Å². The van der Waals surface area contributed by atoms with Gasteiger partial charge in [0.25, 0.3) is 0 Å². The third-order valence-electron chi connectivity index (χ3n) is 3.64. The minimum Gasteiger partial charge on any atom is -0.323 e. The number of pyridine rings is 1. The van der Waals surface area contributed by atoms with Crippen LogP contribution in [0.5, 0.6) is 0 Å². The SMILES string of the molecule is Cc1cccc2c(NN)c3c(nc12)CCCC3. The smallest absolute Gasteiger partial charge is 0.0755 e. The number of para-hydroxylation sites is 1. The van der Waals surface area contributed by atoms with Crippen LogP contribution in [0.2, 0.25) is 0 Å². The van der Waals surface area contributed by atoms with Gasteiger partial charge in [0.1, 0.15) is 0 Å². The number of rotatable bonds is 1. The molecule has 1 aliphatic carbocycles. The molecule has 0 aliphatic heterocycles. The Bertz CT molecular complexity index is 575. The number of aryl methyl sites for hydroxylation is 2. The molecule has 0 amide bonds. The first-order valence-electron chi connectivity index (χ1n) is 6.19. The van der Waals surface area contributed by atoms with Gasteiger partial charge in [-0.1, -0.05) is 18.2 Å². The molecule has 0 radical (unpaired) electrons. The quantitative estimate of drug-likeness (QED) is 0.581. The van der Waals surface area contributed by atoms with Crippen LogP contribution >= 0.6 is 0 Å². The van der Waals surface area contributed by atoms with E-state index in [-0.39, 0.29) is 0 Å². The Balaban J connectivity index is 2.39. The zero-order chi connectivity index (χ0) is 11.8. The fraction of sp³-hybridized carbons (Fsp3) is 0.357. The molecule has 3 N–H and O–H groups in total. The number of nitrogens with one attached hydrogen (secondary N) is 1. The topological polar surface area (TPSA) is 50.9 Å². The lowest BCUT2D eigenvalue weighted by Gasteiger charge is -2.20. The molecule has 88 valence electrons. The molecule has 0 atom stereocenters. The molecule has 1 aliphatic rings. The number of nitrogen functional groups attached to an aromatic ring is 1. The lowest BCUT2D eigenvalue weighted by molar-refractivity contribution is 0.672.